The maximum Gasteiger partial charge on any atom is 0.277 e. The van der Waals surface area contributed by atoms with E-state index in [1.807, 2.05) is 0 Å². The van der Waals surface area contributed by atoms with Crippen molar-refractivity contribution in [2.75, 3.05) is 5.32 Å². The van der Waals surface area contributed by atoms with Crippen LogP contribution in [0.2, 0.25) is 0 Å². The van der Waals surface area contributed by atoms with Crippen LogP contribution in [-0.2, 0) is 6.61 Å². The zero-order valence-corrected chi connectivity index (χ0v) is 14.3. The molecule has 2 aromatic heterocycles. The summed E-state index contributed by atoms with van der Waals surface area (Å²) in [4.78, 5) is 12.3. The number of rotatable bonds is 6. The SMILES string of the molecule is O=C(Nc1ccc(-c2nn[nH]n2)cc1)c1cc(COc2ccc(F)cc2)on1. The number of hydrogen-bond donors (Lipinski definition) is 2. The lowest BCUT2D eigenvalue weighted by Gasteiger charge is -2.03. The summed E-state index contributed by atoms with van der Waals surface area (Å²) in [6.45, 7) is 0.0608. The summed E-state index contributed by atoms with van der Waals surface area (Å²) < 4.78 is 23.4. The zero-order valence-electron chi connectivity index (χ0n) is 14.3. The van der Waals surface area contributed by atoms with Gasteiger partial charge in [0.15, 0.2) is 11.5 Å². The third-order valence-corrected chi connectivity index (χ3v) is 3.73. The van der Waals surface area contributed by atoms with Crippen molar-refractivity contribution in [1.82, 2.24) is 25.8 Å². The molecule has 2 heterocycles. The van der Waals surface area contributed by atoms with Crippen molar-refractivity contribution < 1.29 is 18.4 Å². The molecule has 0 aliphatic heterocycles. The molecule has 0 fully saturated rings. The van der Waals surface area contributed by atoms with Gasteiger partial charge in [0.05, 0.1) is 0 Å². The van der Waals surface area contributed by atoms with Crippen LogP contribution in [0.25, 0.3) is 11.4 Å². The van der Waals surface area contributed by atoms with Crippen LogP contribution in [-0.4, -0.2) is 31.7 Å². The van der Waals surface area contributed by atoms with Gasteiger partial charge in [0.25, 0.3) is 5.91 Å². The Morgan fingerprint density at radius 2 is 1.93 bits per heavy atom. The lowest BCUT2D eigenvalue weighted by atomic mass is 10.2. The first-order chi connectivity index (χ1) is 13.7. The van der Waals surface area contributed by atoms with Gasteiger partial charge in [-0.2, -0.15) is 5.21 Å². The summed E-state index contributed by atoms with van der Waals surface area (Å²) in [6, 6.07) is 14.0. The number of aromatic nitrogens is 5. The highest BCUT2D eigenvalue weighted by Gasteiger charge is 2.14. The molecule has 1 amide bonds. The van der Waals surface area contributed by atoms with Gasteiger partial charge >= 0.3 is 0 Å². The van der Waals surface area contributed by atoms with Gasteiger partial charge in [0.2, 0.25) is 5.82 Å². The second-order valence-corrected chi connectivity index (χ2v) is 5.69. The van der Waals surface area contributed by atoms with E-state index in [1.165, 1.54) is 30.3 Å². The first kappa shape index (κ1) is 17.3. The molecule has 0 unspecified atom stereocenters. The Kier molecular flexibility index (Phi) is 4.74. The average Bonchev–Trinajstić information content (AvgIpc) is 3.40. The largest absolute Gasteiger partial charge is 0.486 e. The fraction of sp³-hybridized carbons (Fsp3) is 0.0556. The number of ether oxygens (including phenoxy) is 1. The molecule has 0 aliphatic rings. The van der Waals surface area contributed by atoms with Gasteiger partial charge in [0, 0.05) is 17.3 Å². The third-order valence-electron chi connectivity index (χ3n) is 3.73. The highest BCUT2D eigenvalue weighted by atomic mass is 19.1. The quantitative estimate of drug-likeness (QED) is 0.528. The fourth-order valence-corrected chi connectivity index (χ4v) is 2.36. The number of benzene rings is 2. The molecule has 0 atom stereocenters. The van der Waals surface area contributed by atoms with E-state index in [0.29, 0.717) is 23.0 Å². The zero-order chi connectivity index (χ0) is 19.3. The summed E-state index contributed by atoms with van der Waals surface area (Å²) in [7, 11) is 0. The average molecular weight is 380 g/mol. The molecule has 0 aliphatic carbocycles. The maximum absolute atomic E-state index is 12.9. The van der Waals surface area contributed by atoms with E-state index in [-0.39, 0.29) is 18.1 Å². The monoisotopic (exact) mass is 380 g/mol. The van der Waals surface area contributed by atoms with Crippen molar-refractivity contribution in [3.05, 3.63) is 71.9 Å². The van der Waals surface area contributed by atoms with Crippen molar-refractivity contribution in [2.24, 2.45) is 0 Å². The smallest absolute Gasteiger partial charge is 0.277 e. The molecule has 0 saturated heterocycles. The van der Waals surface area contributed by atoms with E-state index in [1.54, 1.807) is 24.3 Å². The van der Waals surface area contributed by atoms with Gasteiger partial charge < -0.3 is 14.6 Å². The normalized spacial score (nSPS) is 10.6. The van der Waals surface area contributed by atoms with Gasteiger partial charge in [-0.15, -0.1) is 10.2 Å². The number of tetrazole rings is 1. The predicted molar refractivity (Wildman–Crippen MR) is 94.8 cm³/mol. The summed E-state index contributed by atoms with van der Waals surface area (Å²) in [5, 5.41) is 20.1. The van der Waals surface area contributed by atoms with Crippen molar-refractivity contribution in [3.63, 3.8) is 0 Å². The Labute approximate surface area is 157 Å². The maximum atomic E-state index is 12.9. The standard InChI is InChI=1S/C18H13FN6O3/c19-12-3-7-14(8-4-12)27-10-15-9-16(23-28-15)18(26)20-13-5-1-11(2-6-13)17-21-24-25-22-17/h1-9H,10H2,(H,20,26)(H,21,22,24,25). The molecule has 0 spiro atoms. The van der Waals surface area contributed by atoms with Crippen LogP contribution in [0.5, 0.6) is 5.75 Å². The molecular weight excluding hydrogens is 367 g/mol. The van der Waals surface area contributed by atoms with E-state index in [4.69, 9.17) is 9.26 Å². The number of carbonyl (C=O) groups is 1. The van der Waals surface area contributed by atoms with Gasteiger partial charge in [-0.05, 0) is 53.7 Å². The van der Waals surface area contributed by atoms with Crippen molar-refractivity contribution in [3.8, 4) is 17.1 Å². The predicted octanol–water partition coefficient (Wildman–Crippen LogP) is 2.83. The molecule has 4 rings (SSSR count). The van der Waals surface area contributed by atoms with E-state index in [2.05, 4.69) is 31.1 Å². The molecule has 0 bridgehead atoms. The number of anilines is 1. The molecule has 10 heteroatoms. The van der Waals surface area contributed by atoms with Crippen LogP contribution in [0.1, 0.15) is 16.2 Å². The van der Waals surface area contributed by atoms with Crippen LogP contribution in [0, 0.1) is 5.82 Å². The molecule has 0 saturated carbocycles. The summed E-state index contributed by atoms with van der Waals surface area (Å²) in [5.74, 6) is 0.521. The number of H-pyrrole nitrogens is 1. The van der Waals surface area contributed by atoms with Crippen LogP contribution >= 0.6 is 0 Å². The van der Waals surface area contributed by atoms with Crippen molar-refractivity contribution in [2.45, 2.75) is 6.61 Å². The van der Waals surface area contributed by atoms with Crippen LogP contribution in [0.4, 0.5) is 10.1 Å². The minimum absolute atomic E-state index is 0.0608. The summed E-state index contributed by atoms with van der Waals surface area (Å²) >= 11 is 0. The van der Waals surface area contributed by atoms with E-state index in [9.17, 15) is 9.18 Å². The molecule has 140 valence electrons. The molecule has 4 aromatic rings. The molecule has 2 aromatic carbocycles. The van der Waals surface area contributed by atoms with Gasteiger partial charge in [0.1, 0.15) is 18.2 Å². The number of hydrogen-bond acceptors (Lipinski definition) is 7. The number of aromatic amines is 1. The number of amides is 1. The number of nitrogens with one attached hydrogen (secondary N) is 2. The molecule has 2 N–H and O–H groups in total. The molecule has 28 heavy (non-hydrogen) atoms. The number of nitrogens with zero attached hydrogens (tertiary/aromatic N) is 4. The lowest BCUT2D eigenvalue weighted by molar-refractivity contribution is 0.101. The van der Waals surface area contributed by atoms with Crippen LogP contribution < -0.4 is 10.1 Å². The highest BCUT2D eigenvalue weighted by Crippen LogP contribution is 2.18. The Morgan fingerprint density at radius 1 is 1.14 bits per heavy atom. The first-order valence-electron chi connectivity index (χ1n) is 8.16. The van der Waals surface area contributed by atoms with Crippen molar-refractivity contribution >= 4 is 11.6 Å². The number of halogens is 1. The lowest BCUT2D eigenvalue weighted by Crippen LogP contribution is -2.12. The first-order valence-corrected chi connectivity index (χ1v) is 8.16. The Balaban J connectivity index is 1.35. The third kappa shape index (κ3) is 4.01. The van der Waals surface area contributed by atoms with E-state index >= 15 is 0 Å². The van der Waals surface area contributed by atoms with Crippen LogP contribution in [0.15, 0.2) is 59.1 Å². The Bertz CT molecular complexity index is 1060. The highest BCUT2D eigenvalue weighted by molar-refractivity contribution is 6.02. The summed E-state index contributed by atoms with van der Waals surface area (Å²) in [6.07, 6.45) is 0. The van der Waals surface area contributed by atoms with E-state index in [0.717, 1.165) is 5.56 Å². The Hall–Kier alpha value is -4.08. The number of carbonyl (C=O) groups excluding carboxylic acids is 1. The van der Waals surface area contributed by atoms with Gasteiger partial charge in [-0.3, -0.25) is 4.79 Å². The van der Waals surface area contributed by atoms with Gasteiger partial charge in [-0.1, -0.05) is 5.16 Å². The van der Waals surface area contributed by atoms with Crippen LogP contribution in [0.3, 0.4) is 0 Å². The van der Waals surface area contributed by atoms with E-state index < -0.39 is 5.91 Å². The second-order valence-electron chi connectivity index (χ2n) is 5.69. The Morgan fingerprint density at radius 3 is 2.64 bits per heavy atom. The second kappa shape index (κ2) is 7.66. The minimum atomic E-state index is -0.427. The van der Waals surface area contributed by atoms with Crippen molar-refractivity contribution in [1.29, 1.82) is 0 Å². The summed E-state index contributed by atoms with van der Waals surface area (Å²) in [5.41, 5.74) is 1.44. The van der Waals surface area contributed by atoms with Gasteiger partial charge in [-0.25, -0.2) is 4.39 Å². The molecular formula is C18H13FN6O3. The topological polar surface area (TPSA) is 119 Å². The minimum Gasteiger partial charge on any atom is -0.486 e. The molecule has 0 radical (unpaired) electrons. The fourth-order valence-electron chi connectivity index (χ4n) is 2.36. The molecule has 9 nitrogen and oxygen atoms in total.